The van der Waals surface area contributed by atoms with Crippen LogP contribution in [0.15, 0.2) is 24.4 Å². The van der Waals surface area contributed by atoms with Crippen LogP contribution in [-0.4, -0.2) is 29.6 Å². The molecular weight excluding hydrogens is 227 g/mol. The van der Waals surface area contributed by atoms with Crippen molar-refractivity contribution >= 4 is 10.9 Å². The maximum absolute atomic E-state index is 13.3. The molecule has 1 aliphatic carbocycles. The highest BCUT2D eigenvalue weighted by molar-refractivity contribution is 5.84. The van der Waals surface area contributed by atoms with E-state index in [0.29, 0.717) is 12.1 Å². The summed E-state index contributed by atoms with van der Waals surface area (Å²) >= 11 is 0. The predicted molar refractivity (Wildman–Crippen MR) is 72.4 cm³/mol. The summed E-state index contributed by atoms with van der Waals surface area (Å²) in [4.78, 5) is 2.29. The zero-order valence-electron chi connectivity index (χ0n) is 11.2. The second-order valence-corrected chi connectivity index (χ2v) is 5.56. The number of rotatable bonds is 2. The van der Waals surface area contributed by atoms with Crippen molar-refractivity contribution in [2.24, 2.45) is 0 Å². The molecule has 1 aliphatic rings. The predicted octanol–water partition coefficient (Wildman–Crippen LogP) is 3.35. The van der Waals surface area contributed by atoms with Gasteiger partial charge in [0.05, 0.1) is 0 Å². The molecule has 0 radical (unpaired) electrons. The Bertz CT molecular complexity index is 585. The first-order valence-electron chi connectivity index (χ1n) is 6.51. The molecule has 2 atom stereocenters. The van der Waals surface area contributed by atoms with Crippen LogP contribution in [0.3, 0.4) is 0 Å². The normalized spacial score (nSPS) is 23.6. The van der Waals surface area contributed by atoms with Crippen LogP contribution in [0.25, 0.3) is 10.9 Å². The van der Waals surface area contributed by atoms with E-state index in [9.17, 15) is 4.39 Å². The summed E-state index contributed by atoms with van der Waals surface area (Å²) in [7, 11) is 4.27. The van der Waals surface area contributed by atoms with Crippen LogP contribution in [0, 0.1) is 12.7 Å². The number of hydrogen-bond acceptors (Lipinski definition) is 1. The molecule has 3 heteroatoms. The van der Waals surface area contributed by atoms with Crippen molar-refractivity contribution < 1.29 is 4.39 Å². The Kier molecular flexibility index (Phi) is 2.67. The molecule has 1 saturated carbocycles. The Hall–Kier alpha value is -1.35. The average molecular weight is 246 g/mol. The van der Waals surface area contributed by atoms with E-state index >= 15 is 0 Å². The van der Waals surface area contributed by atoms with E-state index < -0.39 is 0 Å². The molecule has 1 heterocycles. The maximum Gasteiger partial charge on any atom is 0.123 e. The van der Waals surface area contributed by atoms with Gasteiger partial charge in [0.1, 0.15) is 5.82 Å². The van der Waals surface area contributed by atoms with Crippen LogP contribution >= 0.6 is 0 Å². The summed E-state index contributed by atoms with van der Waals surface area (Å²) in [5.74, 6) is -0.152. The van der Waals surface area contributed by atoms with Crippen LogP contribution in [0.2, 0.25) is 0 Å². The number of halogens is 1. The lowest BCUT2D eigenvalue weighted by Crippen LogP contribution is -2.43. The van der Waals surface area contributed by atoms with Crippen molar-refractivity contribution in [2.75, 3.05) is 14.1 Å². The minimum absolute atomic E-state index is 0.152. The molecule has 0 spiro atoms. The van der Waals surface area contributed by atoms with Gasteiger partial charge in [-0.3, -0.25) is 0 Å². The van der Waals surface area contributed by atoms with Crippen molar-refractivity contribution in [1.29, 1.82) is 0 Å². The second-order valence-electron chi connectivity index (χ2n) is 5.56. The van der Waals surface area contributed by atoms with Crippen molar-refractivity contribution in [1.82, 2.24) is 9.47 Å². The number of hydrogen-bond donors (Lipinski definition) is 0. The molecule has 18 heavy (non-hydrogen) atoms. The topological polar surface area (TPSA) is 8.17 Å². The summed E-state index contributed by atoms with van der Waals surface area (Å²) in [6.45, 7) is 2.06. The molecule has 0 saturated heterocycles. The number of benzene rings is 1. The Labute approximate surface area is 107 Å². The fourth-order valence-electron chi connectivity index (χ4n) is 3.06. The van der Waals surface area contributed by atoms with Crippen LogP contribution in [0.5, 0.6) is 0 Å². The highest BCUT2D eigenvalue weighted by atomic mass is 19.1. The zero-order valence-corrected chi connectivity index (χ0v) is 11.2. The van der Waals surface area contributed by atoms with Gasteiger partial charge in [-0.2, -0.15) is 0 Å². The summed E-state index contributed by atoms with van der Waals surface area (Å²) < 4.78 is 15.6. The molecule has 1 aromatic carbocycles. The first-order valence-corrected chi connectivity index (χ1v) is 6.51. The van der Waals surface area contributed by atoms with Crippen molar-refractivity contribution in [2.45, 2.75) is 31.8 Å². The molecule has 0 N–H and O–H groups in total. The number of aromatic nitrogens is 1. The standard InChI is InChI=1S/C15H19FN2/c1-10-9-18(15-7-6-14(15)17(2)3)13-5-4-11(16)8-12(10)13/h4-5,8-9,14-15H,6-7H2,1-3H3. The molecule has 0 amide bonds. The van der Waals surface area contributed by atoms with Gasteiger partial charge < -0.3 is 9.47 Å². The summed E-state index contributed by atoms with van der Waals surface area (Å²) in [5.41, 5.74) is 2.32. The fourth-order valence-corrected chi connectivity index (χ4v) is 3.06. The van der Waals surface area contributed by atoms with Crippen LogP contribution in [0.1, 0.15) is 24.4 Å². The van der Waals surface area contributed by atoms with Crippen molar-refractivity contribution in [3.63, 3.8) is 0 Å². The summed E-state index contributed by atoms with van der Waals surface area (Å²) in [6, 6.07) is 6.24. The van der Waals surface area contributed by atoms with Crippen LogP contribution in [-0.2, 0) is 0 Å². The van der Waals surface area contributed by atoms with E-state index in [2.05, 4.69) is 36.7 Å². The Morgan fingerprint density at radius 2 is 2.06 bits per heavy atom. The van der Waals surface area contributed by atoms with Crippen LogP contribution < -0.4 is 0 Å². The minimum Gasteiger partial charge on any atom is -0.343 e. The molecule has 1 fully saturated rings. The van der Waals surface area contributed by atoms with Gasteiger partial charge in [-0.15, -0.1) is 0 Å². The Morgan fingerprint density at radius 1 is 1.28 bits per heavy atom. The molecule has 2 aromatic rings. The van der Waals surface area contributed by atoms with Crippen molar-refractivity contribution in [3.8, 4) is 0 Å². The van der Waals surface area contributed by atoms with Crippen molar-refractivity contribution in [3.05, 3.63) is 35.8 Å². The smallest absolute Gasteiger partial charge is 0.123 e. The summed E-state index contributed by atoms with van der Waals surface area (Å²) in [6.07, 6.45) is 4.63. The zero-order chi connectivity index (χ0) is 12.9. The van der Waals surface area contributed by atoms with Gasteiger partial charge in [-0.05, 0) is 57.6 Å². The van der Waals surface area contributed by atoms with E-state index in [1.165, 1.54) is 12.8 Å². The highest BCUT2D eigenvalue weighted by Gasteiger charge is 2.34. The third-order valence-corrected chi connectivity index (χ3v) is 4.22. The maximum atomic E-state index is 13.3. The van der Waals surface area contributed by atoms with E-state index in [4.69, 9.17) is 0 Å². The lowest BCUT2D eigenvalue weighted by Gasteiger charge is -2.42. The number of fused-ring (bicyclic) bond motifs is 1. The van der Waals surface area contributed by atoms with Gasteiger partial charge in [0, 0.05) is 29.2 Å². The molecule has 2 nitrogen and oxygen atoms in total. The van der Waals surface area contributed by atoms with Gasteiger partial charge >= 0.3 is 0 Å². The molecule has 2 unspecified atom stereocenters. The lowest BCUT2D eigenvalue weighted by molar-refractivity contribution is 0.116. The molecule has 96 valence electrons. The molecule has 0 aliphatic heterocycles. The van der Waals surface area contributed by atoms with Gasteiger partial charge in [0.15, 0.2) is 0 Å². The van der Waals surface area contributed by atoms with Crippen LogP contribution in [0.4, 0.5) is 4.39 Å². The highest BCUT2D eigenvalue weighted by Crippen LogP contribution is 2.38. The lowest BCUT2D eigenvalue weighted by atomic mass is 9.85. The Balaban J connectivity index is 2.08. The second kappa shape index (κ2) is 4.09. The number of likely N-dealkylation sites (N-methyl/N-ethyl adjacent to an activating group) is 1. The first-order chi connectivity index (χ1) is 8.58. The van der Waals surface area contributed by atoms with Gasteiger partial charge in [-0.1, -0.05) is 0 Å². The van der Waals surface area contributed by atoms with Gasteiger partial charge in [0.2, 0.25) is 0 Å². The molecule has 3 rings (SSSR count). The minimum atomic E-state index is -0.152. The monoisotopic (exact) mass is 246 g/mol. The molecular formula is C15H19FN2. The third-order valence-electron chi connectivity index (χ3n) is 4.22. The quantitative estimate of drug-likeness (QED) is 0.789. The number of nitrogens with zero attached hydrogens (tertiary/aromatic N) is 2. The average Bonchev–Trinajstić information content (AvgIpc) is 2.53. The molecule has 1 aromatic heterocycles. The van der Waals surface area contributed by atoms with E-state index in [1.54, 1.807) is 12.1 Å². The van der Waals surface area contributed by atoms with E-state index in [-0.39, 0.29) is 5.82 Å². The van der Waals surface area contributed by atoms with Gasteiger partial charge in [-0.25, -0.2) is 4.39 Å². The molecule has 0 bridgehead atoms. The van der Waals surface area contributed by atoms with E-state index in [0.717, 1.165) is 16.5 Å². The fraction of sp³-hybridized carbons (Fsp3) is 0.467. The third kappa shape index (κ3) is 1.65. The summed E-state index contributed by atoms with van der Waals surface area (Å²) in [5, 5.41) is 1.04. The van der Waals surface area contributed by atoms with E-state index in [1.807, 2.05) is 6.07 Å². The SMILES string of the molecule is Cc1cn(C2CCC2N(C)C)c2ccc(F)cc12. The first kappa shape index (κ1) is 11.7. The Morgan fingerprint density at radius 3 is 2.67 bits per heavy atom. The largest absolute Gasteiger partial charge is 0.343 e. The van der Waals surface area contributed by atoms with Gasteiger partial charge in [0.25, 0.3) is 0 Å². The number of aryl methyl sites for hydroxylation is 1.